The fraction of sp³-hybridized carbons (Fsp3) is 0.350. The summed E-state index contributed by atoms with van der Waals surface area (Å²) in [6.45, 7) is 3.65. The zero-order valence-electron chi connectivity index (χ0n) is 15.3. The second kappa shape index (κ2) is 6.28. The molecule has 0 spiro atoms. The Morgan fingerprint density at radius 3 is 2.48 bits per heavy atom. The molecule has 0 aliphatic carbocycles. The van der Waals surface area contributed by atoms with Crippen LogP contribution in [-0.2, 0) is 19.1 Å². The van der Waals surface area contributed by atoms with Gasteiger partial charge in [-0.2, -0.15) is 0 Å². The molecule has 3 heterocycles. The maximum Gasteiger partial charge on any atom is 0.368 e. The van der Waals surface area contributed by atoms with Crippen molar-refractivity contribution in [3.63, 3.8) is 0 Å². The largest absolute Gasteiger partial charge is 0.464 e. The molecule has 0 saturated carbocycles. The molecule has 2 aliphatic rings. The van der Waals surface area contributed by atoms with Gasteiger partial charge in [-0.05, 0) is 30.5 Å². The number of benzene rings is 1. The summed E-state index contributed by atoms with van der Waals surface area (Å²) in [5.74, 6) is -2.43. The maximum atomic E-state index is 13.3. The van der Waals surface area contributed by atoms with Crippen molar-refractivity contribution in [2.45, 2.75) is 25.4 Å². The Balaban J connectivity index is 1.81. The Labute approximate surface area is 161 Å². The van der Waals surface area contributed by atoms with Crippen LogP contribution in [0.15, 0.2) is 41.8 Å². The van der Waals surface area contributed by atoms with Crippen molar-refractivity contribution in [3.8, 4) is 0 Å². The van der Waals surface area contributed by atoms with Crippen molar-refractivity contribution in [3.05, 3.63) is 52.2 Å². The van der Waals surface area contributed by atoms with Crippen molar-refractivity contribution < 1.29 is 24.4 Å². The van der Waals surface area contributed by atoms with Gasteiger partial charge < -0.3 is 10.1 Å². The number of nitrogens with zero attached hydrogens (tertiary/aromatic N) is 1. The van der Waals surface area contributed by atoms with Gasteiger partial charge in [0.25, 0.3) is 0 Å². The lowest BCUT2D eigenvalue weighted by molar-refractivity contribution is -0.730. The number of quaternary nitrogens is 1. The summed E-state index contributed by atoms with van der Waals surface area (Å²) in [7, 11) is 1.31. The summed E-state index contributed by atoms with van der Waals surface area (Å²) in [6, 6.07) is 10.8. The van der Waals surface area contributed by atoms with Crippen molar-refractivity contribution >= 4 is 34.8 Å². The van der Waals surface area contributed by atoms with Crippen molar-refractivity contribution in [1.29, 1.82) is 0 Å². The molecule has 2 fully saturated rings. The topological polar surface area (TPSA) is 80.3 Å². The number of hydrogen-bond acceptors (Lipinski definition) is 5. The normalized spacial score (nSPS) is 29.9. The number of fused-ring (bicyclic) bond motifs is 1. The molecule has 0 radical (unpaired) electrons. The van der Waals surface area contributed by atoms with Crippen molar-refractivity contribution in [2.75, 3.05) is 12.0 Å². The van der Waals surface area contributed by atoms with E-state index in [1.165, 1.54) is 23.3 Å². The Bertz CT molecular complexity index is 909. The van der Waals surface area contributed by atoms with Crippen molar-refractivity contribution in [2.24, 2.45) is 11.8 Å². The third-order valence-electron chi connectivity index (χ3n) is 5.70. The minimum absolute atomic E-state index is 0.254. The molecule has 7 heteroatoms. The molecule has 2 aromatic rings. The number of amides is 2. The summed E-state index contributed by atoms with van der Waals surface area (Å²) >= 11 is 1.53. The molecule has 4 rings (SSSR count). The lowest BCUT2D eigenvalue weighted by Gasteiger charge is -2.25. The third-order valence-corrected chi connectivity index (χ3v) is 6.67. The Hall–Kier alpha value is -2.51. The van der Waals surface area contributed by atoms with Gasteiger partial charge in [0, 0.05) is 6.92 Å². The van der Waals surface area contributed by atoms with Gasteiger partial charge in [0.1, 0.15) is 17.9 Å². The molecule has 4 atom stereocenters. The fourth-order valence-electron chi connectivity index (χ4n) is 4.37. The molecule has 6 nitrogen and oxygen atoms in total. The first-order valence-corrected chi connectivity index (χ1v) is 9.69. The van der Waals surface area contributed by atoms with Gasteiger partial charge in [-0.25, -0.2) is 9.69 Å². The maximum absolute atomic E-state index is 13.3. The van der Waals surface area contributed by atoms with Gasteiger partial charge >= 0.3 is 5.97 Å². The van der Waals surface area contributed by atoms with Crippen molar-refractivity contribution in [1.82, 2.24) is 0 Å². The predicted octanol–water partition coefficient (Wildman–Crippen LogP) is 1.41. The van der Waals surface area contributed by atoms with E-state index in [2.05, 4.69) is 0 Å². The van der Waals surface area contributed by atoms with Crippen LogP contribution < -0.4 is 10.2 Å². The zero-order chi connectivity index (χ0) is 19.3. The Morgan fingerprint density at radius 1 is 1.19 bits per heavy atom. The Kier molecular flexibility index (Phi) is 4.16. The van der Waals surface area contributed by atoms with Gasteiger partial charge in [-0.3, -0.25) is 9.59 Å². The molecule has 2 amide bonds. The molecule has 1 aromatic carbocycles. The molecule has 0 unspecified atom stereocenters. The van der Waals surface area contributed by atoms with Gasteiger partial charge in [0.05, 0.1) is 17.7 Å². The average molecular weight is 385 g/mol. The first-order chi connectivity index (χ1) is 12.9. The van der Waals surface area contributed by atoms with Crippen LogP contribution >= 0.6 is 11.3 Å². The fourth-order valence-corrected chi connectivity index (χ4v) is 5.21. The molecule has 2 saturated heterocycles. The number of anilines is 1. The first kappa shape index (κ1) is 17.9. The number of hydrogen-bond donors (Lipinski definition) is 1. The molecule has 2 aliphatic heterocycles. The van der Waals surface area contributed by atoms with E-state index in [1.54, 1.807) is 19.1 Å². The van der Waals surface area contributed by atoms with Crippen LogP contribution in [0.1, 0.15) is 23.4 Å². The number of esters is 1. The lowest BCUT2D eigenvalue weighted by atomic mass is 9.81. The van der Waals surface area contributed by atoms with E-state index in [1.807, 2.05) is 41.9 Å². The number of carbonyl (C=O) groups excluding carboxylic acids is 3. The highest BCUT2D eigenvalue weighted by Crippen LogP contribution is 2.46. The second-order valence-electron chi connectivity index (χ2n) is 7.33. The second-order valence-corrected chi connectivity index (χ2v) is 8.31. The lowest BCUT2D eigenvalue weighted by Crippen LogP contribution is -2.97. The minimum atomic E-state index is -1.14. The van der Waals surface area contributed by atoms with E-state index in [9.17, 15) is 14.4 Å². The van der Waals surface area contributed by atoms with Crippen LogP contribution in [-0.4, -0.2) is 30.4 Å². The number of rotatable bonds is 3. The van der Waals surface area contributed by atoms with Crippen LogP contribution in [0, 0.1) is 18.8 Å². The van der Waals surface area contributed by atoms with Gasteiger partial charge in [-0.15, -0.1) is 11.3 Å². The minimum Gasteiger partial charge on any atom is -0.464 e. The van der Waals surface area contributed by atoms with E-state index in [-0.39, 0.29) is 17.9 Å². The summed E-state index contributed by atoms with van der Waals surface area (Å²) in [6.07, 6.45) is 0. The summed E-state index contributed by atoms with van der Waals surface area (Å²) in [5, 5.41) is 3.77. The standard InChI is InChI=1S/C20H20N2O4S/c1-11-6-8-12(9-7-11)22-17(23)14-15(18(22)24)20(2,19(25)26-3)21-16(14)13-5-4-10-27-13/h4-10,14-16,21H,1-3H3/p+1/t14-,15+,16-,20-/m1/s1. The monoisotopic (exact) mass is 385 g/mol. The number of aryl methyl sites for hydroxylation is 1. The number of thiophene rings is 1. The molecular formula is C20H21N2O4S+. The van der Waals surface area contributed by atoms with Gasteiger partial charge in [0.15, 0.2) is 0 Å². The van der Waals surface area contributed by atoms with Crippen LogP contribution in [0.4, 0.5) is 5.69 Å². The summed E-state index contributed by atoms with van der Waals surface area (Å²) in [4.78, 5) is 41.5. The van der Waals surface area contributed by atoms with E-state index in [0.717, 1.165) is 10.4 Å². The molecule has 140 valence electrons. The number of nitrogens with two attached hydrogens (primary N) is 1. The van der Waals surface area contributed by atoms with E-state index in [0.29, 0.717) is 5.69 Å². The first-order valence-electron chi connectivity index (χ1n) is 8.81. The molecule has 1 aromatic heterocycles. The molecule has 27 heavy (non-hydrogen) atoms. The van der Waals surface area contributed by atoms with Gasteiger partial charge in [0.2, 0.25) is 17.4 Å². The van der Waals surface area contributed by atoms with Crippen LogP contribution in [0.5, 0.6) is 0 Å². The van der Waals surface area contributed by atoms with E-state index < -0.39 is 23.3 Å². The van der Waals surface area contributed by atoms with E-state index in [4.69, 9.17) is 4.74 Å². The highest BCUT2D eigenvalue weighted by Gasteiger charge is 2.71. The quantitative estimate of drug-likeness (QED) is 0.640. The molecular weight excluding hydrogens is 364 g/mol. The smallest absolute Gasteiger partial charge is 0.368 e. The molecule has 2 N–H and O–H groups in total. The number of ether oxygens (including phenoxy) is 1. The SMILES string of the molecule is COC(=O)[C@]1(C)[NH2+][C@H](c2cccs2)[C@@H]2C(=O)N(c3ccc(C)cc3)C(=O)[C@H]21. The summed E-state index contributed by atoms with van der Waals surface area (Å²) in [5.41, 5.74) is 0.449. The van der Waals surface area contributed by atoms with Crippen LogP contribution in [0.25, 0.3) is 0 Å². The van der Waals surface area contributed by atoms with Gasteiger partial charge in [-0.1, -0.05) is 23.8 Å². The highest BCUT2D eigenvalue weighted by atomic mass is 32.1. The van der Waals surface area contributed by atoms with Crippen LogP contribution in [0.3, 0.4) is 0 Å². The Morgan fingerprint density at radius 2 is 1.89 bits per heavy atom. The number of carbonyl (C=O) groups is 3. The van der Waals surface area contributed by atoms with E-state index >= 15 is 0 Å². The highest BCUT2D eigenvalue weighted by molar-refractivity contribution is 7.10. The van der Waals surface area contributed by atoms with Crippen LogP contribution in [0.2, 0.25) is 0 Å². The predicted molar refractivity (Wildman–Crippen MR) is 100 cm³/mol. The number of methoxy groups -OCH3 is 1. The zero-order valence-corrected chi connectivity index (χ0v) is 16.2. The average Bonchev–Trinajstić information content (AvgIpc) is 3.34. The molecule has 0 bridgehead atoms. The number of imide groups is 1. The summed E-state index contributed by atoms with van der Waals surface area (Å²) < 4.78 is 5.00. The third kappa shape index (κ3) is 2.53.